The van der Waals surface area contributed by atoms with Gasteiger partial charge in [0.05, 0.1) is 34.1 Å². The second-order valence-corrected chi connectivity index (χ2v) is 9.20. The molecule has 8 heteroatoms. The first-order valence-corrected chi connectivity index (χ1v) is 11.7. The Morgan fingerprint density at radius 2 is 2.12 bits per heavy atom. The fourth-order valence-electron chi connectivity index (χ4n) is 4.60. The molecule has 1 saturated heterocycles. The molecule has 0 atom stereocenters. The van der Waals surface area contributed by atoms with Crippen LogP contribution < -0.4 is 5.32 Å². The number of amides is 1. The fraction of sp³-hybridized carbons (Fsp3) is 0.542. The number of rotatable bonds is 6. The molecule has 4 rings (SSSR count). The van der Waals surface area contributed by atoms with Gasteiger partial charge in [0.1, 0.15) is 0 Å². The van der Waals surface area contributed by atoms with Crippen LogP contribution in [0, 0.1) is 12.3 Å². The first-order chi connectivity index (χ1) is 15.4. The highest BCUT2D eigenvalue weighted by Crippen LogP contribution is 2.37. The molecule has 1 N–H and O–H groups in total. The van der Waals surface area contributed by atoms with E-state index in [9.17, 15) is 9.59 Å². The van der Waals surface area contributed by atoms with Crippen LogP contribution >= 0.6 is 11.6 Å². The maximum Gasteiger partial charge on any atom is 0.339 e. The number of hydrogen-bond acceptors (Lipinski definition) is 5. The number of carbonyl (C=O) groups is 2. The number of esters is 1. The van der Waals surface area contributed by atoms with E-state index < -0.39 is 5.97 Å². The number of fused-ring (bicyclic) bond motifs is 1. The number of benzene rings is 1. The molecule has 172 valence electrons. The van der Waals surface area contributed by atoms with Crippen LogP contribution in [-0.2, 0) is 28.9 Å². The van der Waals surface area contributed by atoms with Gasteiger partial charge in [-0.25, -0.2) is 4.79 Å². The maximum atomic E-state index is 12.9. The first kappa shape index (κ1) is 22.8. The third-order valence-electron chi connectivity index (χ3n) is 6.50. The van der Waals surface area contributed by atoms with Gasteiger partial charge < -0.3 is 14.8 Å². The standard InChI is InChI=1S/C24H30ClN3O4/c1-3-19-21-20(14-24(15-26-22(21)29)7-11-31-12-8-24)28(27-19)9-4-10-32-23(30)17-6-5-16(2)13-18(17)25/h5-6,13H,3-4,7-12,14-15H2,1-2H3,(H,26,29). The van der Waals surface area contributed by atoms with E-state index in [0.29, 0.717) is 36.5 Å². The van der Waals surface area contributed by atoms with E-state index in [-0.39, 0.29) is 17.9 Å². The fourth-order valence-corrected chi connectivity index (χ4v) is 4.91. The second kappa shape index (κ2) is 9.63. The third kappa shape index (κ3) is 4.69. The van der Waals surface area contributed by atoms with Gasteiger partial charge in [0.15, 0.2) is 0 Å². The zero-order valence-corrected chi connectivity index (χ0v) is 19.5. The molecule has 0 bridgehead atoms. The van der Waals surface area contributed by atoms with Gasteiger partial charge in [-0.05, 0) is 55.7 Å². The van der Waals surface area contributed by atoms with Crippen molar-refractivity contribution in [3.05, 3.63) is 51.3 Å². The van der Waals surface area contributed by atoms with E-state index in [4.69, 9.17) is 26.2 Å². The molecule has 0 saturated carbocycles. The molecule has 32 heavy (non-hydrogen) atoms. The van der Waals surface area contributed by atoms with Crippen LogP contribution in [0.4, 0.5) is 0 Å². The third-order valence-corrected chi connectivity index (χ3v) is 6.82. The molecule has 1 spiro atoms. The van der Waals surface area contributed by atoms with Gasteiger partial charge in [0.2, 0.25) is 0 Å². The number of carbonyl (C=O) groups excluding carboxylic acids is 2. The van der Waals surface area contributed by atoms with E-state index in [2.05, 4.69) is 5.32 Å². The predicted molar refractivity (Wildman–Crippen MR) is 121 cm³/mol. The predicted octanol–water partition coefficient (Wildman–Crippen LogP) is 3.74. The Morgan fingerprint density at radius 3 is 2.84 bits per heavy atom. The SMILES string of the molecule is CCc1nn(CCCOC(=O)c2ccc(C)cc2Cl)c2c1C(=O)NCC1(CCOCC1)C2. The lowest BCUT2D eigenvalue weighted by atomic mass is 9.76. The van der Waals surface area contributed by atoms with Crippen molar-refractivity contribution in [1.29, 1.82) is 0 Å². The Kier molecular flexibility index (Phi) is 6.86. The van der Waals surface area contributed by atoms with E-state index in [1.807, 2.05) is 24.6 Å². The Morgan fingerprint density at radius 1 is 1.34 bits per heavy atom. The molecule has 1 amide bonds. The summed E-state index contributed by atoms with van der Waals surface area (Å²) in [4.78, 5) is 25.2. The number of ether oxygens (including phenoxy) is 2. The van der Waals surface area contributed by atoms with Gasteiger partial charge in [-0.1, -0.05) is 24.6 Å². The summed E-state index contributed by atoms with van der Waals surface area (Å²) < 4.78 is 13.0. The summed E-state index contributed by atoms with van der Waals surface area (Å²) in [6.07, 6.45) is 3.95. The maximum absolute atomic E-state index is 12.9. The molecular formula is C24H30ClN3O4. The largest absolute Gasteiger partial charge is 0.462 e. The van der Waals surface area contributed by atoms with Crippen LogP contribution in [0.5, 0.6) is 0 Å². The van der Waals surface area contributed by atoms with Crippen LogP contribution in [0.2, 0.25) is 5.02 Å². The Balaban J connectivity index is 1.45. The average molecular weight is 460 g/mol. The molecular weight excluding hydrogens is 430 g/mol. The molecule has 7 nitrogen and oxygen atoms in total. The summed E-state index contributed by atoms with van der Waals surface area (Å²) in [5, 5.41) is 8.27. The normalized spacial score (nSPS) is 17.5. The molecule has 3 heterocycles. The topological polar surface area (TPSA) is 82.5 Å². The van der Waals surface area contributed by atoms with Crippen LogP contribution in [-0.4, -0.2) is 48.0 Å². The molecule has 2 aliphatic rings. The molecule has 2 aliphatic heterocycles. The number of aromatic nitrogens is 2. The van der Waals surface area contributed by atoms with Crippen LogP contribution in [0.1, 0.15) is 63.9 Å². The lowest BCUT2D eigenvalue weighted by Gasteiger charge is -2.36. The number of nitrogens with one attached hydrogen (secondary N) is 1. The summed E-state index contributed by atoms with van der Waals surface area (Å²) in [5.74, 6) is -0.462. The highest BCUT2D eigenvalue weighted by molar-refractivity contribution is 6.33. The summed E-state index contributed by atoms with van der Waals surface area (Å²) in [5.41, 5.74) is 3.91. The molecule has 1 aromatic heterocycles. The van der Waals surface area contributed by atoms with Crippen molar-refractivity contribution in [1.82, 2.24) is 15.1 Å². The van der Waals surface area contributed by atoms with Crippen molar-refractivity contribution in [2.24, 2.45) is 5.41 Å². The smallest absolute Gasteiger partial charge is 0.339 e. The number of nitrogens with zero attached hydrogens (tertiary/aromatic N) is 2. The van der Waals surface area contributed by atoms with Gasteiger partial charge in [-0.15, -0.1) is 0 Å². The first-order valence-electron chi connectivity index (χ1n) is 11.3. The zero-order chi connectivity index (χ0) is 22.7. The number of halogens is 1. The lowest BCUT2D eigenvalue weighted by molar-refractivity contribution is 0.0152. The molecule has 0 aliphatic carbocycles. The Labute approximate surface area is 193 Å². The summed E-state index contributed by atoms with van der Waals surface area (Å²) in [6.45, 7) is 6.88. The van der Waals surface area contributed by atoms with E-state index in [1.54, 1.807) is 12.1 Å². The van der Waals surface area contributed by atoms with Crippen molar-refractivity contribution >= 4 is 23.5 Å². The number of aryl methyl sites for hydroxylation is 3. The minimum atomic E-state index is -0.427. The molecule has 0 radical (unpaired) electrons. The second-order valence-electron chi connectivity index (χ2n) is 8.79. The molecule has 0 unspecified atom stereocenters. The lowest BCUT2D eigenvalue weighted by Crippen LogP contribution is -2.40. The molecule has 2 aromatic rings. The minimum Gasteiger partial charge on any atom is -0.462 e. The van der Waals surface area contributed by atoms with Crippen molar-refractivity contribution < 1.29 is 19.1 Å². The highest BCUT2D eigenvalue weighted by atomic mass is 35.5. The van der Waals surface area contributed by atoms with Crippen molar-refractivity contribution in [2.45, 2.75) is 52.5 Å². The van der Waals surface area contributed by atoms with E-state index in [1.165, 1.54) is 0 Å². The van der Waals surface area contributed by atoms with Crippen molar-refractivity contribution in [3.8, 4) is 0 Å². The van der Waals surface area contributed by atoms with Crippen LogP contribution in [0.15, 0.2) is 18.2 Å². The van der Waals surface area contributed by atoms with Gasteiger partial charge in [0, 0.05) is 32.7 Å². The van der Waals surface area contributed by atoms with E-state index in [0.717, 1.165) is 55.0 Å². The van der Waals surface area contributed by atoms with Gasteiger partial charge in [0.25, 0.3) is 5.91 Å². The summed E-state index contributed by atoms with van der Waals surface area (Å²) in [6, 6.07) is 5.28. The van der Waals surface area contributed by atoms with E-state index >= 15 is 0 Å². The van der Waals surface area contributed by atoms with Gasteiger partial charge in [-0.3, -0.25) is 9.48 Å². The minimum absolute atomic E-state index is 0.0105. The van der Waals surface area contributed by atoms with Gasteiger partial charge >= 0.3 is 5.97 Å². The van der Waals surface area contributed by atoms with Gasteiger partial charge in [-0.2, -0.15) is 5.10 Å². The molecule has 1 aromatic carbocycles. The van der Waals surface area contributed by atoms with Crippen molar-refractivity contribution in [2.75, 3.05) is 26.4 Å². The summed E-state index contributed by atoms with van der Waals surface area (Å²) in [7, 11) is 0. The van der Waals surface area contributed by atoms with Crippen molar-refractivity contribution in [3.63, 3.8) is 0 Å². The molecule has 1 fully saturated rings. The average Bonchev–Trinajstić information content (AvgIpc) is 3.05. The quantitative estimate of drug-likeness (QED) is 0.525. The number of hydrogen-bond donors (Lipinski definition) is 1. The monoisotopic (exact) mass is 459 g/mol. The zero-order valence-electron chi connectivity index (χ0n) is 18.7. The van der Waals surface area contributed by atoms with Crippen LogP contribution in [0.25, 0.3) is 0 Å². The Bertz CT molecular complexity index is 1010. The highest BCUT2D eigenvalue weighted by Gasteiger charge is 2.39. The Hall–Kier alpha value is -2.38. The summed E-state index contributed by atoms with van der Waals surface area (Å²) >= 11 is 6.17. The van der Waals surface area contributed by atoms with Crippen LogP contribution in [0.3, 0.4) is 0 Å².